The van der Waals surface area contributed by atoms with Crippen LogP contribution in [0.3, 0.4) is 0 Å². The second kappa shape index (κ2) is 15.1. The van der Waals surface area contributed by atoms with Crippen molar-refractivity contribution < 1.29 is 32.6 Å². The van der Waals surface area contributed by atoms with Gasteiger partial charge in [-0.15, -0.1) is 0 Å². The second-order valence-electron chi connectivity index (χ2n) is 10.8. The van der Waals surface area contributed by atoms with Crippen LogP contribution in [0, 0.1) is 6.92 Å². The van der Waals surface area contributed by atoms with Gasteiger partial charge in [-0.2, -0.15) is 0 Å². The molecule has 8 nitrogen and oxygen atoms in total. The lowest BCUT2D eigenvalue weighted by atomic mass is 9.93. The molecule has 0 spiro atoms. The van der Waals surface area contributed by atoms with Gasteiger partial charge >= 0.3 is 5.97 Å². The quantitative estimate of drug-likeness (QED) is 0.231. The molecule has 42 heavy (non-hydrogen) atoms. The molecule has 3 aromatic rings. The highest BCUT2D eigenvalue weighted by Crippen LogP contribution is 2.30. The van der Waals surface area contributed by atoms with Crippen molar-refractivity contribution >= 4 is 21.7 Å². The molecule has 0 saturated carbocycles. The van der Waals surface area contributed by atoms with Gasteiger partial charge in [0.25, 0.3) is 5.91 Å². The molecule has 0 aromatic heterocycles. The van der Waals surface area contributed by atoms with Gasteiger partial charge in [0.05, 0.1) is 19.0 Å². The van der Waals surface area contributed by atoms with Crippen molar-refractivity contribution in [3.8, 4) is 11.1 Å². The number of ether oxygens (including phenoxy) is 2. The Hall–Kier alpha value is -3.53. The average molecular weight is 596 g/mol. The lowest BCUT2D eigenvalue weighted by Crippen LogP contribution is -2.42. The SMILES string of the molecule is CCOC[C@H](OCc1ccc(C(=O)N[C@@H](CCS(C)(=O)=O)C(=O)O)c(-c2ccccc2C)c1)c1cccc(C(C)C)c1. The van der Waals surface area contributed by atoms with E-state index >= 15 is 0 Å². The van der Waals surface area contributed by atoms with Crippen LogP contribution >= 0.6 is 0 Å². The highest BCUT2D eigenvalue weighted by atomic mass is 32.2. The molecule has 0 heterocycles. The Morgan fingerprint density at radius 1 is 0.952 bits per heavy atom. The van der Waals surface area contributed by atoms with Gasteiger partial charge in [-0.1, -0.05) is 68.4 Å². The number of hydrogen-bond donors (Lipinski definition) is 2. The number of amides is 1. The van der Waals surface area contributed by atoms with Crippen LogP contribution in [0.25, 0.3) is 11.1 Å². The number of aliphatic carboxylic acids is 1. The van der Waals surface area contributed by atoms with Gasteiger partial charge in [0.2, 0.25) is 0 Å². The number of carbonyl (C=O) groups excluding carboxylic acids is 1. The summed E-state index contributed by atoms with van der Waals surface area (Å²) in [6.07, 6.45) is 0.509. The predicted octanol–water partition coefficient (Wildman–Crippen LogP) is 5.70. The van der Waals surface area contributed by atoms with E-state index in [0.29, 0.717) is 24.7 Å². The molecule has 2 atom stereocenters. The molecular weight excluding hydrogens is 554 g/mol. The van der Waals surface area contributed by atoms with E-state index in [1.165, 1.54) is 5.56 Å². The highest BCUT2D eigenvalue weighted by Gasteiger charge is 2.24. The third-order valence-electron chi connectivity index (χ3n) is 7.02. The Kier molecular flexibility index (Phi) is 11.8. The lowest BCUT2D eigenvalue weighted by molar-refractivity contribution is -0.139. The summed E-state index contributed by atoms with van der Waals surface area (Å²) in [4.78, 5) is 25.2. The van der Waals surface area contributed by atoms with Crippen LogP contribution in [-0.2, 0) is 30.7 Å². The zero-order valence-corrected chi connectivity index (χ0v) is 25.7. The number of hydrogen-bond acceptors (Lipinski definition) is 6. The van der Waals surface area contributed by atoms with Crippen LogP contribution in [0.15, 0.2) is 66.7 Å². The maximum absolute atomic E-state index is 13.4. The van der Waals surface area contributed by atoms with E-state index in [9.17, 15) is 23.1 Å². The van der Waals surface area contributed by atoms with E-state index in [2.05, 4.69) is 31.3 Å². The summed E-state index contributed by atoms with van der Waals surface area (Å²) in [7, 11) is -3.40. The van der Waals surface area contributed by atoms with Crippen molar-refractivity contribution in [3.05, 3.63) is 94.5 Å². The van der Waals surface area contributed by atoms with Crippen LogP contribution < -0.4 is 5.32 Å². The number of carbonyl (C=O) groups is 2. The zero-order valence-electron chi connectivity index (χ0n) is 24.9. The van der Waals surface area contributed by atoms with E-state index in [-0.39, 0.29) is 30.4 Å². The molecule has 0 unspecified atom stereocenters. The third kappa shape index (κ3) is 9.51. The fourth-order valence-electron chi connectivity index (χ4n) is 4.58. The van der Waals surface area contributed by atoms with Crippen molar-refractivity contribution in [1.82, 2.24) is 5.32 Å². The molecule has 0 aliphatic rings. The number of aryl methyl sites for hydroxylation is 1. The molecule has 3 aromatic carbocycles. The third-order valence-corrected chi connectivity index (χ3v) is 8.00. The highest BCUT2D eigenvalue weighted by molar-refractivity contribution is 7.90. The Balaban J connectivity index is 1.92. The first-order valence-electron chi connectivity index (χ1n) is 14.1. The van der Waals surface area contributed by atoms with Crippen LogP contribution in [0.5, 0.6) is 0 Å². The second-order valence-corrected chi connectivity index (χ2v) is 13.0. The summed E-state index contributed by atoms with van der Waals surface area (Å²) in [6.45, 7) is 9.39. The van der Waals surface area contributed by atoms with Gasteiger partial charge in [-0.05, 0) is 71.7 Å². The molecule has 3 rings (SSSR count). The van der Waals surface area contributed by atoms with Crippen molar-refractivity contribution in [1.29, 1.82) is 0 Å². The normalized spacial score (nSPS) is 13.1. The van der Waals surface area contributed by atoms with Gasteiger partial charge < -0.3 is 19.9 Å². The van der Waals surface area contributed by atoms with Crippen molar-refractivity contribution in [2.24, 2.45) is 0 Å². The molecule has 226 valence electrons. The Labute approximate surface area is 249 Å². The minimum Gasteiger partial charge on any atom is -0.480 e. The van der Waals surface area contributed by atoms with Crippen LogP contribution in [-0.4, -0.2) is 56.7 Å². The molecular formula is C33H41NO7S. The summed E-state index contributed by atoms with van der Waals surface area (Å²) in [5.41, 5.74) is 5.75. The van der Waals surface area contributed by atoms with Crippen molar-refractivity contribution in [2.45, 2.75) is 58.8 Å². The number of benzene rings is 3. The molecule has 0 aliphatic heterocycles. The molecule has 0 bridgehead atoms. The smallest absolute Gasteiger partial charge is 0.326 e. The minimum atomic E-state index is -3.40. The van der Waals surface area contributed by atoms with Gasteiger partial charge in [-0.3, -0.25) is 4.79 Å². The summed E-state index contributed by atoms with van der Waals surface area (Å²) in [6, 6.07) is 19.9. The van der Waals surface area contributed by atoms with E-state index in [1.54, 1.807) is 12.1 Å². The molecule has 0 radical (unpaired) electrons. The van der Waals surface area contributed by atoms with Crippen LogP contribution in [0.4, 0.5) is 0 Å². The summed E-state index contributed by atoms with van der Waals surface area (Å²) >= 11 is 0. The molecule has 0 fully saturated rings. The van der Waals surface area contributed by atoms with Crippen molar-refractivity contribution in [2.75, 3.05) is 25.2 Å². The molecule has 0 aliphatic carbocycles. The average Bonchev–Trinajstić information content (AvgIpc) is 2.94. The standard InChI is InChI=1S/C33H41NO7S/c1-6-40-21-31(26-12-9-11-25(19-26)22(2)3)41-20-24-14-15-28(29(18-24)27-13-8-7-10-23(27)4)32(35)34-30(33(36)37)16-17-42(5,38)39/h7-15,18-19,22,30-31H,6,16-17,20-21H2,1-5H3,(H,34,35)(H,36,37)/t30-,31-/m0/s1. The fraction of sp³-hybridized carbons (Fsp3) is 0.394. The van der Waals surface area contributed by atoms with Gasteiger partial charge in [-0.25, -0.2) is 13.2 Å². The fourth-order valence-corrected chi connectivity index (χ4v) is 5.25. The van der Waals surface area contributed by atoms with E-state index in [1.807, 2.05) is 56.3 Å². The van der Waals surface area contributed by atoms with Gasteiger partial charge in [0, 0.05) is 18.4 Å². The topological polar surface area (TPSA) is 119 Å². The largest absolute Gasteiger partial charge is 0.480 e. The monoisotopic (exact) mass is 595 g/mol. The van der Waals surface area contributed by atoms with Gasteiger partial charge in [0.1, 0.15) is 22.0 Å². The maximum atomic E-state index is 13.4. The minimum absolute atomic E-state index is 0.231. The first-order chi connectivity index (χ1) is 19.9. The number of carboxylic acid groups (broad SMARTS) is 1. The summed E-state index contributed by atoms with van der Waals surface area (Å²) in [5, 5.41) is 12.1. The molecule has 2 N–H and O–H groups in total. The van der Waals surface area contributed by atoms with Gasteiger partial charge in [0.15, 0.2) is 0 Å². The zero-order chi connectivity index (χ0) is 30.9. The van der Waals surface area contributed by atoms with Crippen LogP contribution in [0.1, 0.15) is 71.8 Å². The first-order valence-corrected chi connectivity index (χ1v) is 16.1. The Morgan fingerprint density at radius 3 is 2.31 bits per heavy atom. The van der Waals surface area contributed by atoms with E-state index in [0.717, 1.165) is 28.5 Å². The number of rotatable bonds is 15. The Bertz CT molecular complexity index is 1480. The summed E-state index contributed by atoms with van der Waals surface area (Å²) < 4.78 is 35.3. The van der Waals surface area contributed by atoms with E-state index in [4.69, 9.17) is 9.47 Å². The molecule has 1 amide bonds. The number of sulfone groups is 1. The Morgan fingerprint density at radius 2 is 1.67 bits per heavy atom. The lowest BCUT2D eigenvalue weighted by Gasteiger charge is -2.21. The first kappa shape index (κ1) is 33.0. The van der Waals surface area contributed by atoms with Crippen LogP contribution in [0.2, 0.25) is 0 Å². The number of nitrogens with one attached hydrogen (secondary N) is 1. The molecule has 0 saturated heterocycles. The maximum Gasteiger partial charge on any atom is 0.326 e. The summed E-state index contributed by atoms with van der Waals surface area (Å²) in [5.74, 6) is -1.87. The van der Waals surface area contributed by atoms with Crippen molar-refractivity contribution in [3.63, 3.8) is 0 Å². The molecule has 9 heteroatoms. The van der Waals surface area contributed by atoms with E-state index < -0.39 is 27.8 Å². The predicted molar refractivity (Wildman–Crippen MR) is 164 cm³/mol. The number of carboxylic acids is 1.